The van der Waals surface area contributed by atoms with E-state index in [4.69, 9.17) is 23.6 Å². The first-order chi connectivity index (χ1) is 16.9. The zero-order valence-electron chi connectivity index (χ0n) is 19.9. The number of tetrazole rings is 1. The number of fused-ring (bicyclic) bond motifs is 1. The van der Waals surface area contributed by atoms with E-state index in [1.807, 2.05) is 42.5 Å². The van der Waals surface area contributed by atoms with Gasteiger partial charge in [0.15, 0.2) is 28.9 Å². The first-order valence-electron chi connectivity index (χ1n) is 11.0. The number of methoxy groups -OCH3 is 1. The predicted molar refractivity (Wildman–Crippen MR) is 132 cm³/mol. The van der Waals surface area contributed by atoms with Crippen molar-refractivity contribution in [2.24, 2.45) is 0 Å². The van der Waals surface area contributed by atoms with Crippen LogP contribution in [0.5, 0.6) is 17.2 Å². The van der Waals surface area contributed by atoms with Crippen molar-refractivity contribution in [3.63, 3.8) is 0 Å². The molecule has 0 fully saturated rings. The Bertz CT molecular complexity index is 1440. The van der Waals surface area contributed by atoms with Crippen LogP contribution >= 0.6 is 11.3 Å². The number of nitrogens with zero attached hydrogens (tertiary/aromatic N) is 4. The number of thiazole rings is 1. The second-order valence-corrected chi connectivity index (χ2v) is 9.81. The molecule has 3 heterocycles. The normalized spacial score (nSPS) is 11.7. The lowest BCUT2D eigenvalue weighted by Gasteiger charge is -2.15. The molecule has 2 aromatic carbocycles. The molecule has 180 valence electrons. The molecule has 35 heavy (non-hydrogen) atoms. The Balaban J connectivity index is 1.33. The molecule has 0 spiro atoms. The molecule has 0 aliphatic rings. The summed E-state index contributed by atoms with van der Waals surface area (Å²) in [5.74, 6) is 3.08. The van der Waals surface area contributed by atoms with E-state index in [1.54, 1.807) is 18.4 Å². The average molecular weight is 492 g/mol. The summed E-state index contributed by atoms with van der Waals surface area (Å²) in [6.07, 6.45) is 0. The van der Waals surface area contributed by atoms with E-state index in [2.05, 4.69) is 46.8 Å². The minimum atomic E-state index is -0.00396. The fraction of sp³-hybridized carbons (Fsp3) is 0.280. The van der Waals surface area contributed by atoms with Crippen LogP contribution in [0.1, 0.15) is 37.9 Å². The van der Waals surface area contributed by atoms with Crippen molar-refractivity contribution in [3.8, 4) is 28.0 Å². The highest BCUT2D eigenvalue weighted by atomic mass is 32.1. The zero-order chi connectivity index (χ0) is 24.4. The molecule has 0 aliphatic heterocycles. The first-order valence-corrected chi connectivity index (χ1v) is 11.9. The summed E-state index contributed by atoms with van der Waals surface area (Å²) < 4.78 is 23.6. The van der Waals surface area contributed by atoms with E-state index in [9.17, 15) is 0 Å². The number of aromatic nitrogens is 5. The van der Waals surface area contributed by atoms with Gasteiger partial charge in [-0.2, -0.15) is 5.21 Å². The second-order valence-electron chi connectivity index (χ2n) is 8.95. The molecule has 5 aromatic rings. The Morgan fingerprint density at radius 1 is 1.06 bits per heavy atom. The molecule has 3 aromatic heterocycles. The SMILES string of the molecule is COc1cccc(COc2ccc3oc(-c4nc(C(C)(C)C)cs4)cc3c2)c1OCc1nn[nH]n1. The van der Waals surface area contributed by atoms with Crippen molar-refractivity contribution in [1.29, 1.82) is 0 Å². The van der Waals surface area contributed by atoms with E-state index in [0.29, 0.717) is 23.1 Å². The van der Waals surface area contributed by atoms with Gasteiger partial charge in [-0.15, -0.1) is 21.5 Å². The minimum Gasteiger partial charge on any atom is -0.493 e. The van der Waals surface area contributed by atoms with Gasteiger partial charge in [0.25, 0.3) is 0 Å². The summed E-state index contributed by atoms with van der Waals surface area (Å²) in [5.41, 5.74) is 2.66. The number of benzene rings is 2. The van der Waals surface area contributed by atoms with E-state index in [1.165, 1.54) is 0 Å². The van der Waals surface area contributed by atoms with Gasteiger partial charge in [0.2, 0.25) is 5.82 Å². The van der Waals surface area contributed by atoms with Crippen molar-refractivity contribution >= 4 is 22.3 Å². The van der Waals surface area contributed by atoms with Gasteiger partial charge in [-0.3, -0.25) is 0 Å². The molecule has 0 atom stereocenters. The largest absolute Gasteiger partial charge is 0.493 e. The molecule has 0 unspecified atom stereocenters. The molecule has 0 bridgehead atoms. The van der Waals surface area contributed by atoms with E-state index in [0.717, 1.165) is 33.0 Å². The summed E-state index contributed by atoms with van der Waals surface area (Å²) in [5, 5.41) is 17.7. The second kappa shape index (κ2) is 9.38. The molecule has 1 N–H and O–H groups in total. The molecule has 0 saturated carbocycles. The van der Waals surface area contributed by atoms with Crippen LogP contribution in [0.4, 0.5) is 0 Å². The van der Waals surface area contributed by atoms with Crippen LogP contribution in [0.3, 0.4) is 0 Å². The Hall–Kier alpha value is -3.92. The maximum Gasteiger partial charge on any atom is 0.211 e. The molecule has 0 saturated heterocycles. The third-order valence-electron chi connectivity index (χ3n) is 5.38. The number of H-pyrrole nitrogens is 1. The maximum atomic E-state index is 6.10. The van der Waals surface area contributed by atoms with Crippen LogP contribution in [-0.2, 0) is 18.6 Å². The molecule has 5 rings (SSSR count). The zero-order valence-corrected chi connectivity index (χ0v) is 20.7. The standard InChI is InChI=1S/C25H25N5O4S/c1-25(2,3)21-14-35-24(26-21)20-11-16-10-17(8-9-18(16)34-20)32-12-15-6-5-7-19(31-4)23(15)33-13-22-27-29-30-28-22/h5-11,14H,12-13H2,1-4H3,(H,27,28,29,30). The number of hydrogen-bond acceptors (Lipinski definition) is 9. The molecular weight excluding hydrogens is 466 g/mol. The number of ether oxygens (including phenoxy) is 3. The molecule has 9 nitrogen and oxygen atoms in total. The van der Waals surface area contributed by atoms with E-state index >= 15 is 0 Å². The lowest BCUT2D eigenvalue weighted by molar-refractivity contribution is 0.255. The molecule has 0 amide bonds. The molecule has 0 radical (unpaired) electrons. The Kier molecular flexibility index (Phi) is 6.12. The Morgan fingerprint density at radius 2 is 1.94 bits per heavy atom. The summed E-state index contributed by atoms with van der Waals surface area (Å²) in [7, 11) is 1.60. The van der Waals surface area contributed by atoms with Crippen LogP contribution < -0.4 is 14.2 Å². The van der Waals surface area contributed by atoms with Gasteiger partial charge in [0.1, 0.15) is 17.9 Å². The first kappa shape index (κ1) is 22.9. The molecule has 10 heteroatoms. The third-order valence-corrected chi connectivity index (χ3v) is 6.24. The highest BCUT2D eigenvalue weighted by Gasteiger charge is 2.19. The number of nitrogens with one attached hydrogen (secondary N) is 1. The summed E-state index contributed by atoms with van der Waals surface area (Å²) in [6, 6.07) is 13.4. The van der Waals surface area contributed by atoms with Crippen molar-refractivity contribution in [2.45, 2.75) is 39.4 Å². The molecule has 0 aliphatic carbocycles. The summed E-state index contributed by atoms with van der Waals surface area (Å²) in [4.78, 5) is 4.76. The molecular formula is C25H25N5O4S. The van der Waals surface area contributed by atoms with Crippen LogP contribution in [0.15, 0.2) is 52.3 Å². The number of para-hydroxylation sites is 1. The lowest BCUT2D eigenvalue weighted by atomic mass is 9.93. The average Bonchev–Trinajstić information content (AvgIpc) is 3.61. The minimum absolute atomic E-state index is 0.00396. The fourth-order valence-corrected chi connectivity index (χ4v) is 4.49. The summed E-state index contributed by atoms with van der Waals surface area (Å²) in [6.45, 7) is 6.89. The Labute approximate surface area is 206 Å². The van der Waals surface area contributed by atoms with Crippen molar-refractivity contribution in [3.05, 3.63) is 64.9 Å². The van der Waals surface area contributed by atoms with Gasteiger partial charge < -0.3 is 18.6 Å². The fourth-order valence-electron chi connectivity index (χ4n) is 3.49. The van der Waals surface area contributed by atoms with Gasteiger partial charge in [0, 0.05) is 21.7 Å². The highest BCUT2D eigenvalue weighted by Crippen LogP contribution is 2.35. The monoisotopic (exact) mass is 491 g/mol. The quantitative estimate of drug-likeness (QED) is 0.302. The smallest absolute Gasteiger partial charge is 0.211 e. The van der Waals surface area contributed by atoms with Crippen LogP contribution in [0, 0.1) is 0 Å². The van der Waals surface area contributed by atoms with Crippen LogP contribution in [0.25, 0.3) is 21.7 Å². The van der Waals surface area contributed by atoms with Gasteiger partial charge in [-0.25, -0.2) is 4.98 Å². The maximum absolute atomic E-state index is 6.10. The van der Waals surface area contributed by atoms with E-state index < -0.39 is 0 Å². The van der Waals surface area contributed by atoms with Crippen LogP contribution in [-0.4, -0.2) is 32.7 Å². The van der Waals surface area contributed by atoms with Crippen molar-refractivity contribution in [1.82, 2.24) is 25.6 Å². The number of hydrogen-bond donors (Lipinski definition) is 1. The topological polar surface area (TPSA) is 108 Å². The number of furan rings is 1. The highest BCUT2D eigenvalue weighted by molar-refractivity contribution is 7.13. The van der Waals surface area contributed by atoms with E-state index in [-0.39, 0.29) is 18.6 Å². The predicted octanol–water partition coefficient (Wildman–Crippen LogP) is 5.53. The van der Waals surface area contributed by atoms with Gasteiger partial charge in [0.05, 0.1) is 12.8 Å². The third kappa shape index (κ3) is 4.97. The van der Waals surface area contributed by atoms with Gasteiger partial charge in [-0.05, 0) is 30.3 Å². The summed E-state index contributed by atoms with van der Waals surface area (Å²) >= 11 is 1.59. The van der Waals surface area contributed by atoms with Crippen molar-refractivity contribution in [2.75, 3.05) is 7.11 Å². The van der Waals surface area contributed by atoms with Gasteiger partial charge in [-0.1, -0.05) is 38.1 Å². The number of rotatable bonds is 8. The van der Waals surface area contributed by atoms with Crippen LogP contribution in [0.2, 0.25) is 0 Å². The van der Waals surface area contributed by atoms with Gasteiger partial charge >= 0.3 is 0 Å². The Morgan fingerprint density at radius 3 is 2.69 bits per heavy atom. The lowest BCUT2D eigenvalue weighted by Crippen LogP contribution is -2.11. The van der Waals surface area contributed by atoms with Crippen molar-refractivity contribution < 1.29 is 18.6 Å². The number of aromatic amines is 1.